The number of rotatable bonds is 9. The van der Waals surface area contributed by atoms with Crippen molar-refractivity contribution in [2.24, 2.45) is 0 Å². The molecule has 1 aromatic carbocycles. The van der Waals surface area contributed by atoms with Gasteiger partial charge in [0.15, 0.2) is 11.5 Å². The molecule has 1 N–H and O–H groups in total. The molecule has 0 aliphatic carbocycles. The lowest BCUT2D eigenvalue weighted by molar-refractivity contribution is 0.352. The van der Waals surface area contributed by atoms with Crippen LogP contribution in [0.1, 0.15) is 5.56 Å². The van der Waals surface area contributed by atoms with Gasteiger partial charge < -0.3 is 14.8 Å². The predicted octanol–water partition coefficient (Wildman–Crippen LogP) is 3.32. The lowest BCUT2D eigenvalue weighted by Crippen LogP contribution is -2.16. The molecule has 0 aliphatic heterocycles. The first-order valence-corrected chi connectivity index (χ1v) is 8.26. The Morgan fingerprint density at radius 2 is 2.16 bits per heavy atom. The van der Waals surface area contributed by atoms with Crippen molar-refractivity contribution in [2.45, 2.75) is 6.54 Å². The third-order valence-electron chi connectivity index (χ3n) is 2.48. The van der Waals surface area contributed by atoms with Crippen molar-refractivity contribution in [1.29, 1.82) is 0 Å². The molecule has 3 nitrogen and oxygen atoms in total. The largest absolute Gasteiger partial charge is 0.493 e. The molecule has 0 amide bonds. The number of nitrogens with one attached hydrogen (secondary N) is 1. The minimum atomic E-state index is 0.784. The van der Waals surface area contributed by atoms with Crippen molar-refractivity contribution in [3.05, 3.63) is 33.9 Å². The van der Waals surface area contributed by atoms with E-state index in [1.165, 1.54) is 5.56 Å². The zero-order chi connectivity index (χ0) is 14.1. The second kappa shape index (κ2) is 9.50. The molecule has 0 aliphatic rings. The normalized spacial score (nSPS) is 10.3. The van der Waals surface area contributed by atoms with Crippen molar-refractivity contribution in [2.75, 3.05) is 32.3 Å². The first kappa shape index (κ1) is 16.7. The van der Waals surface area contributed by atoms with Gasteiger partial charge in [-0.25, -0.2) is 0 Å². The number of methoxy groups -OCH3 is 2. The molecular formula is C14H20INO2S. The van der Waals surface area contributed by atoms with Gasteiger partial charge in [0.1, 0.15) is 0 Å². The Balaban J connectivity index is 2.50. The fourth-order valence-corrected chi connectivity index (χ4v) is 3.13. The van der Waals surface area contributed by atoms with Crippen LogP contribution in [0.15, 0.2) is 24.8 Å². The topological polar surface area (TPSA) is 30.5 Å². The molecule has 1 aromatic rings. The predicted molar refractivity (Wildman–Crippen MR) is 91.5 cm³/mol. The van der Waals surface area contributed by atoms with Crippen LogP contribution in [0.5, 0.6) is 11.5 Å². The highest BCUT2D eigenvalue weighted by Crippen LogP contribution is 2.33. The fraction of sp³-hybridized carbons (Fsp3) is 0.429. The van der Waals surface area contributed by atoms with Crippen molar-refractivity contribution in [3.63, 3.8) is 0 Å². The first-order valence-electron chi connectivity index (χ1n) is 6.02. The summed E-state index contributed by atoms with van der Waals surface area (Å²) in [5.41, 5.74) is 1.20. The molecule has 0 radical (unpaired) electrons. The summed E-state index contributed by atoms with van der Waals surface area (Å²) in [4.78, 5) is 0. The van der Waals surface area contributed by atoms with Crippen LogP contribution in [-0.2, 0) is 6.54 Å². The SMILES string of the molecule is C=CCSCCNCc1cc(I)c(OC)c(OC)c1. The molecule has 0 spiro atoms. The van der Waals surface area contributed by atoms with Gasteiger partial charge in [-0.3, -0.25) is 0 Å². The molecule has 0 fully saturated rings. The smallest absolute Gasteiger partial charge is 0.174 e. The van der Waals surface area contributed by atoms with E-state index in [4.69, 9.17) is 9.47 Å². The number of thioether (sulfide) groups is 1. The van der Waals surface area contributed by atoms with E-state index in [0.29, 0.717) is 0 Å². The summed E-state index contributed by atoms with van der Waals surface area (Å²) in [5.74, 6) is 3.69. The van der Waals surface area contributed by atoms with Crippen LogP contribution in [-0.4, -0.2) is 32.3 Å². The van der Waals surface area contributed by atoms with Gasteiger partial charge in [-0.05, 0) is 40.3 Å². The molecule has 0 saturated carbocycles. The Hall–Kier alpha value is -0.400. The Bertz CT molecular complexity index is 413. The molecule has 1 rings (SSSR count). The lowest BCUT2D eigenvalue weighted by Gasteiger charge is -2.12. The maximum atomic E-state index is 5.34. The van der Waals surface area contributed by atoms with Crippen LogP contribution in [0, 0.1) is 3.57 Å². The Labute approximate surface area is 133 Å². The summed E-state index contributed by atoms with van der Waals surface area (Å²) < 4.78 is 11.7. The first-order chi connectivity index (χ1) is 9.22. The lowest BCUT2D eigenvalue weighted by atomic mass is 10.2. The van der Waals surface area contributed by atoms with Crippen LogP contribution >= 0.6 is 34.4 Å². The Morgan fingerprint density at radius 3 is 2.79 bits per heavy atom. The van der Waals surface area contributed by atoms with Crippen LogP contribution in [0.3, 0.4) is 0 Å². The molecule has 0 aromatic heterocycles. The van der Waals surface area contributed by atoms with Crippen molar-refractivity contribution in [3.8, 4) is 11.5 Å². The highest BCUT2D eigenvalue weighted by molar-refractivity contribution is 14.1. The van der Waals surface area contributed by atoms with E-state index in [1.54, 1.807) is 14.2 Å². The molecule has 5 heteroatoms. The van der Waals surface area contributed by atoms with Crippen LogP contribution < -0.4 is 14.8 Å². The van der Waals surface area contributed by atoms with E-state index < -0.39 is 0 Å². The van der Waals surface area contributed by atoms with Crippen molar-refractivity contribution >= 4 is 34.4 Å². The molecule has 0 atom stereocenters. The van der Waals surface area contributed by atoms with E-state index in [1.807, 2.05) is 23.9 Å². The summed E-state index contributed by atoms with van der Waals surface area (Å²) in [6.45, 7) is 5.53. The van der Waals surface area contributed by atoms with Crippen LogP contribution in [0.4, 0.5) is 0 Å². The quantitative estimate of drug-likeness (QED) is 0.396. The summed E-state index contributed by atoms with van der Waals surface area (Å²) in [5, 5.41) is 3.42. The molecule has 19 heavy (non-hydrogen) atoms. The number of benzene rings is 1. The fourth-order valence-electron chi connectivity index (χ4n) is 1.62. The molecule has 0 bridgehead atoms. The maximum absolute atomic E-state index is 5.34. The summed E-state index contributed by atoms with van der Waals surface area (Å²) in [6.07, 6.45) is 1.93. The van der Waals surface area contributed by atoms with Crippen LogP contribution in [0.25, 0.3) is 0 Å². The van der Waals surface area contributed by atoms with Gasteiger partial charge in [-0.2, -0.15) is 11.8 Å². The second-order valence-corrected chi connectivity index (χ2v) is 6.17. The number of ether oxygens (including phenoxy) is 2. The van der Waals surface area contributed by atoms with Gasteiger partial charge in [-0.1, -0.05) is 6.08 Å². The highest BCUT2D eigenvalue weighted by atomic mass is 127. The summed E-state index contributed by atoms with van der Waals surface area (Å²) in [6, 6.07) is 4.14. The molecular weight excluding hydrogens is 373 g/mol. The van der Waals surface area contributed by atoms with Gasteiger partial charge in [0.05, 0.1) is 17.8 Å². The summed E-state index contributed by atoms with van der Waals surface area (Å²) in [7, 11) is 3.33. The maximum Gasteiger partial charge on any atom is 0.174 e. The highest BCUT2D eigenvalue weighted by Gasteiger charge is 2.09. The van der Waals surface area contributed by atoms with Crippen molar-refractivity contribution < 1.29 is 9.47 Å². The third kappa shape index (κ3) is 5.62. The van der Waals surface area contributed by atoms with Crippen molar-refractivity contribution in [1.82, 2.24) is 5.32 Å². The zero-order valence-electron chi connectivity index (χ0n) is 11.4. The van der Waals surface area contributed by atoms with Crippen LogP contribution in [0.2, 0.25) is 0 Å². The average molecular weight is 393 g/mol. The van der Waals surface area contributed by atoms with Gasteiger partial charge in [-0.15, -0.1) is 6.58 Å². The molecule has 106 valence electrons. The third-order valence-corrected chi connectivity index (χ3v) is 4.25. The standard InChI is InChI=1S/C14H20INO2S/c1-4-6-19-7-5-16-10-11-8-12(15)14(18-3)13(9-11)17-2/h4,8-9,16H,1,5-7,10H2,2-3H3. The van der Waals surface area contributed by atoms with E-state index in [-0.39, 0.29) is 0 Å². The minimum Gasteiger partial charge on any atom is -0.493 e. The molecule has 0 unspecified atom stereocenters. The van der Waals surface area contributed by atoms with E-state index in [0.717, 1.165) is 39.7 Å². The molecule has 0 heterocycles. The number of halogens is 1. The number of hydrogen-bond donors (Lipinski definition) is 1. The van der Waals surface area contributed by atoms with Gasteiger partial charge in [0.2, 0.25) is 0 Å². The van der Waals surface area contributed by atoms with E-state index in [9.17, 15) is 0 Å². The minimum absolute atomic E-state index is 0.784. The van der Waals surface area contributed by atoms with Gasteiger partial charge in [0, 0.05) is 24.6 Å². The van der Waals surface area contributed by atoms with Gasteiger partial charge in [0.25, 0.3) is 0 Å². The van der Waals surface area contributed by atoms with E-state index in [2.05, 4.69) is 40.6 Å². The average Bonchev–Trinajstić information content (AvgIpc) is 2.42. The zero-order valence-corrected chi connectivity index (χ0v) is 14.3. The monoisotopic (exact) mass is 393 g/mol. The Kier molecular flexibility index (Phi) is 8.32. The van der Waals surface area contributed by atoms with E-state index >= 15 is 0 Å². The van der Waals surface area contributed by atoms with Gasteiger partial charge >= 0.3 is 0 Å². The Morgan fingerprint density at radius 1 is 1.37 bits per heavy atom. The number of hydrogen-bond acceptors (Lipinski definition) is 4. The summed E-state index contributed by atoms with van der Waals surface area (Å²) >= 11 is 4.14. The second-order valence-electron chi connectivity index (χ2n) is 3.85. The molecule has 0 saturated heterocycles.